The highest BCUT2D eigenvalue weighted by Gasteiger charge is 2.07. The molecule has 0 amide bonds. The van der Waals surface area contributed by atoms with E-state index in [0.717, 1.165) is 31.7 Å². The van der Waals surface area contributed by atoms with Gasteiger partial charge in [-0.2, -0.15) is 0 Å². The zero-order valence-corrected chi connectivity index (χ0v) is 18.7. The first-order valence-electron chi connectivity index (χ1n) is 10.4. The number of pyridine rings is 1. The maximum Gasteiger partial charge on any atom is 0.0951 e. The summed E-state index contributed by atoms with van der Waals surface area (Å²) in [6.45, 7) is 9.03. The van der Waals surface area contributed by atoms with Crippen molar-refractivity contribution >= 4 is 11.3 Å². The minimum absolute atomic E-state index is 0.828. The molecule has 154 valence electrons. The number of thiophene rings is 1. The van der Waals surface area contributed by atoms with E-state index in [0.29, 0.717) is 0 Å². The van der Waals surface area contributed by atoms with Crippen molar-refractivity contribution in [2.45, 2.75) is 40.3 Å². The average molecular weight is 417 g/mol. The standard InChI is InChI=1S/C25H28N4S/c1-18-5-4-6-21(11-18)16-29-17-27-15-23(29)9-10-26-13-22-14-28-24(12-19(22)2)25-8-7-20(3)30-25/h4-8,11-12,14-15,17,26H,9-10,13,16H2,1-3H3. The number of nitrogens with one attached hydrogen (secondary N) is 1. The van der Waals surface area contributed by atoms with Gasteiger partial charge in [0.2, 0.25) is 0 Å². The fraction of sp³-hybridized carbons (Fsp3) is 0.280. The summed E-state index contributed by atoms with van der Waals surface area (Å²) in [5.41, 5.74) is 7.45. The number of rotatable bonds is 8. The molecule has 0 radical (unpaired) electrons. The van der Waals surface area contributed by atoms with Gasteiger partial charge in [0.1, 0.15) is 0 Å². The number of imidazole rings is 1. The van der Waals surface area contributed by atoms with E-state index in [4.69, 9.17) is 0 Å². The van der Waals surface area contributed by atoms with Crippen LogP contribution in [0, 0.1) is 20.8 Å². The van der Waals surface area contributed by atoms with Crippen molar-refractivity contribution in [1.29, 1.82) is 0 Å². The molecule has 0 aliphatic heterocycles. The van der Waals surface area contributed by atoms with Crippen LogP contribution >= 0.6 is 11.3 Å². The Morgan fingerprint density at radius 3 is 2.70 bits per heavy atom. The molecule has 0 aliphatic rings. The second-order valence-corrected chi connectivity index (χ2v) is 9.12. The van der Waals surface area contributed by atoms with Gasteiger partial charge in [0, 0.05) is 49.0 Å². The average Bonchev–Trinajstić information content (AvgIpc) is 3.35. The Hall–Kier alpha value is -2.76. The molecule has 4 nitrogen and oxygen atoms in total. The molecule has 0 fully saturated rings. The number of hydrogen-bond donors (Lipinski definition) is 1. The van der Waals surface area contributed by atoms with Gasteiger partial charge in [-0.05, 0) is 55.7 Å². The highest BCUT2D eigenvalue weighted by Crippen LogP contribution is 2.27. The highest BCUT2D eigenvalue weighted by atomic mass is 32.1. The monoisotopic (exact) mass is 416 g/mol. The summed E-state index contributed by atoms with van der Waals surface area (Å²) in [6, 6.07) is 15.1. The van der Waals surface area contributed by atoms with Gasteiger partial charge in [0.25, 0.3) is 0 Å². The van der Waals surface area contributed by atoms with Crippen molar-refractivity contribution in [2.75, 3.05) is 6.54 Å². The minimum atomic E-state index is 0.828. The van der Waals surface area contributed by atoms with Crippen LogP contribution in [0.15, 0.2) is 61.2 Å². The van der Waals surface area contributed by atoms with E-state index in [1.165, 1.54) is 37.7 Å². The molecule has 3 aromatic heterocycles. The highest BCUT2D eigenvalue weighted by molar-refractivity contribution is 7.15. The van der Waals surface area contributed by atoms with Gasteiger partial charge in [-0.15, -0.1) is 11.3 Å². The molecule has 3 heterocycles. The van der Waals surface area contributed by atoms with Crippen molar-refractivity contribution in [3.63, 3.8) is 0 Å². The Morgan fingerprint density at radius 1 is 1.03 bits per heavy atom. The number of aromatic nitrogens is 3. The van der Waals surface area contributed by atoms with E-state index >= 15 is 0 Å². The van der Waals surface area contributed by atoms with Crippen LogP contribution in [0.2, 0.25) is 0 Å². The summed E-state index contributed by atoms with van der Waals surface area (Å²) < 4.78 is 2.24. The predicted octanol–water partition coefficient (Wildman–Crippen LogP) is 5.31. The molecule has 0 bridgehead atoms. The molecule has 4 rings (SSSR count). The van der Waals surface area contributed by atoms with E-state index in [9.17, 15) is 0 Å². The first-order valence-corrected chi connectivity index (χ1v) is 11.2. The molecular formula is C25H28N4S. The van der Waals surface area contributed by atoms with E-state index in [1.807, 2.05) is 18.7 Å². The summed E-state index contributed by atoms with van der Waals surface area (Å²) in [5, 5.41) is 3.57. The molecule has 30 heavy (non-hydrogen) atoms. The summed E-state index contributed by atoms with van der Waals surface area (Å²) >= 11 is 1.79. The second-order valence-electron chi connectivity index (χ2n) is 7.84. The lowest BCUT2D eigenvalue weighted by molar-refractivity contribution is 0.650. The van der Waals surface area contributed by atoms with E-state index in [1.54, 1.807) is 11.3 Å². The number of nitrogens with zero attached hydrogens (tertiary/aromatic N) is 3. The van der Waals surface area contributed by atoms with Crippen LogP contribution in [0.3, 0.4) is 0 Å². The summed E-state index contributed by atoms with van der Waals surface area (Å²) in [7, 11) is 0. The number of hydrogen-bond acceptors (Lipinski definition) is 4. The smallest absolute Gasteiger partial charge is 0.0951 e. The first kappa shape index (κ1) is 20.5. The van der Waals surface area contributed by atoms with Gasteiger partial charge < -0.3 is 9.88 Å². The largest absolute Gasteiger partial charge is 0.330 e. The molecule has 0 saturated carbocycles. The maximum atomic E-state index is 4.68. The fourth-order valence-corrected chi connectivity index (χ4v) is 4.46. The molecule has 4 aromatic rings. The third-order valence-electron chi connectivity index (χ3n) is 5.32. The fourth-order valence-electron chi connectivity index (χ4n) is 3.62. The van der Waals surface area contributed by atoms with E-state index < -0.39 is 0 Å². The van der Waals surface area contributed by atoms with Gasteiger partial charge in [-0.1, -0.05) is 29.8 Å². The molecule has 0 atom stereocenters. The summed E-state index contributed by atoms with van der Waals surface area (Å²) in [5.74, 6) is 0. The Morgan fingerprint density at radius 2 is 1.93 bits per heavy atom. The molecule has 0 spiro atoms. The SMILES string of the molecule is Cc1cccc(Cn2cncc2CCNCc2cnc(-c3ccc(C)s3)cc2C)c1. The Balaban J connectivity index is 1.31. The normalized spacial score (nSPS) is 11.2. The van der Waals surface area contributed by atoms with Crippen molar-refractivity contribution in [1.82, 2.24) is 19.9 Å². The lowest BCUT2D eigenvalue weighted by Crippen LogP contribution is -2.19. The lowest BCUT2D eigenvalue weighted by Gasteiger charge is -2.11. The number of aryl methyl sites for hydroxylation is 3. The summed E-state index contributed by atoms with van der Waals surface area (Å²) in [6.07, 6.45) is 6.86. The molecular weight excluding hydrogens is 388 g/mol. The van der Waals surface area contributed by atoms with Crippen molar-refractivity contribution < 1.29 is 0 Å². The van der Waals surface area contributed by atoms with Gasteiger partial charge in [-0.3, -0.25) is 4.98 Å². The van der Waals surface area contributed by atoms with E-state index in [2.05, 4.69) is 83.1 Å². The van der Waals surface area contributed by atoms with Crippen molar-refractivity contribution in [2.24, 2.45) is 0 Å². The molecule has 1 N–H and O–H groups in total. The maximum absolute atomic E-state index is 4.68. The minimum Gasteiger partial charge on any atom is -0.330 e. The third kappa shape index (κ3) is 5.04. The first-order chi connectivity index (χ1) is 14.6. The Kier molecular flexibility index (Phi) is 6.41. The van der Waals surface area contributed by atoms with Crippen LogP contribution in [0.5, 0.6) is 0 Å². The predicted molar refractivity (Wildman–Crippen MR) is 125 cm³/mol. The molecule has 0 saturated heterocycles. The second kappa shape index (κ2) is 9.37. The Labute approximate surface area is 182 Å². The topological polar surface area (TPSA) is 42.7 Å². The molecule has 5 heteroatoms. The quantitative estimate of drug-likeness (QED) is 0.396. The van der Waals surface area contributed by atoms with Gasteiger partial charge in [-0.25, -0.2) is 4.98 Å². The van der Waals surface area contributed by atoms with E-state index in [-0.39, 0.29) is 0 Å². The molecule has 0 aliphatic carbocycles. The van der Waals surface area contributed by atoms with Crippen LogP contribution in [0.1, 0.15) is 32.8 Å². The van der Waals surface area contributed by atoms with Crippen LogP contribution < -0.4 is 5.32 Å². The van der Waals surface area contributed by atoms with Gasteiger partial charge in [0.15, 0.2) is 0 Å². The molecule has 0 unspecified atom stereocenters. The number of benzene rings is 1. The lowest BCUT2D eigenvalue weighted by atomic mass is 10.1. The van der Waals surface area contributed by atoms with Gasteiger partial charge in [0.05, 0.1) is 16.9 Å². The zero-order chi connectivity index (χ0) is 20.9. The Bertz CT molecular complexity index is 1130. The van der Waals surface area contributed by atoms with Gasteiger partial charge >= 0.3 is 0 Å². The molecule has 1 aromatic carbocycles. The summed E-state index contributed by atoms with van der Waals surface area (Å²) in [4.78, 5) is 11.6. The van der Waals surface area contributed by atoms with Crippen LogP contribution in [-0.4, -0.2) is 21.1 Å². The zero-order valence-electron chi connectivity index (χ0n) is 17.9. The van der Waals surface area contributed by atoms with Crippen molar-refractivity contribution in [3.8, 4) is 10.6 Å². The van der Waals surface area contributed by atoms with Crippen LogP contribution in [0.4, 0.5) is 0 Å². The van der Waals surface area contributed by atoms with Crippen LogP contribution in [0.25, 0.3) is 10.6 Å². The van der Waals surface area contributed by atoms with Crippen LogP contribution in [-0.2, 0) is 19.5 Å². The van der Waals surface area contributed by atoms with Crippen molar-refractivity contribution in [3.05, 3.63) is 94.0 Å². The third-order valence-corrected chi connectivity index (χ3v) is 6.34.